The number of aliphatic hydroxyl groups excluding tert-OH is 3. The Morgan fingerprint density at radius 1 is 0.564 bits per heavy atom. The van der Waals surface area contributed by atoms with E-state index >= 15 is 0 Å². The van der Waals surface area contributed by atoms with E-state index in [4.69, 9.17) is 47.8 Å². The number of aromatic carboxylic acids is 3. The average Bonchev–Trinajstić information content (AvgIpc) is 2.92. The number of hydrogen-bond donors (Lipinski definition) is 9. The van der Waals surface area contributed by atoms with Crippen LogP contribution in [-0.2, 0) is 0 Å². The smallest absolute Gasteiger partial charge is 0.337 e. The number of aliphatic hydroxyl groups is 3. The van der Waals surface area contributed by atoms with Crippen molar-refractivity contribution >= 4 is 35.0 Å². The number of carboxylic acid groups (broad SMARTS) is 3. The molecule has 0 amide bonds. The predicted octanol–water partition coefficient (Wildman–Crippen LogP) is 2.26. The van der Waals surface area contributed by atoms with Crippen molar-refractivity contribution in [3.8, 4) is 0 Å². The minimum absolute atomic E-state index is 0.155. The molecule has 0 fully saturated rings. The van der Waals surface area contributed by atoms with E-state index in [1.54, 1.807) is 54.6 Å². The summed E-state index contributed by atoms with van der Waals surface area (Å²) in [5.74, 6) is -2.96. The Bertz CT molecular complexity index is 1050. The lowest BCUT2D eigenvalue weighted by molar-refractivity contribution is 0.00303. The Labute approximate surface area is 225 Å². The molecule has 3 rings (SSSR count). The highest BCUT2D eigenvalue weighted by Crippen LogP contribution is 2.18. The van der Waals surface area contributed by atoms with Gasteiger partial charge in [0, 0.05) is 22.5 Å². The van der Waals surface area contributed by atoms with Crippen LogP contribution in [0.4, 0.5) is 17.1 Å². The summed E-state index contributed by atoms with van der Waals surface area (Å²) in [6.45, 7) is 1.35. The molecule has 3 aromatic rings. The van der Waals surface area contributed by atoms with E-state index in [1.807, 2.05) is 6.92 Å². The van der Waals surface area contributed by atoms with Gasteiger partial charge < -0.3 is 47.8 Å². The van der Waals surface area contributed by atoms with Crippen molar-refractivity contribution in [2.75, 3.05) is 37.0 Å². The molecule has 0 saturated carbocycles. The summed E-state index contributed by atoms with van der Waals surface area (Å²) in [5.41, 5.74) is 16.7. The molecule has 12 nitrogen and oxygen atoms in total. The number of carbonyl (C=O) groups is 3. The summed E-state index contributed by atoms with van der Waals surface area (Å²) in [5, 5.41) is 51.4. The van der Waals surface area contributed by atoms with Gasteiger partial charge in [0.25, 0.3) is 0 Å². The second kappa shape index (κ2) is 17.7. The number of benzene rings is 3. The van der Waals surface area contributed by atoms with E-state index in [0.717, 1.165) is 0 Å². The number of para-hydroxylation sites is 3. The van der Waals surface area contributed by atoms with Crippen LogP contribution < -0.4 is 17.2 Å². The van der Waals surface area contributed by atoms with Crippen molar-refractivity contribution in [3.05, 3.63) is 89.5 Å². The zero-order valence-electron chi connectivity index (χ0n) is 21.4. The quantitative estimate of drug-likeness (QED) is 0.194. The van der Waals surface area contributed by atoms with Gasteiger partial charge in [-0.15, -0.1) is 0 Å². The Kier molecular flexibility index (Phi) is 15.6. The Morgan fingerprint density at radius 3 is 0.897 bits per heavy atom. The summed E-state index contributed by atoms with van der Waals surface area (Å²) in [7, 11) is 0. The average molecular weight is 546 g/mol. The highest BCUT2D eigenvalue weighted by molar-refractivity contribution is 5.94. The summed E-state index contributed by atoms with van der Waals surface area (Å²) in [4.78, 5) is 31.0. The summed E-state index contributed by atoms with van der Waals surface area (Å²) in [6.07, 6.45) is 0.594. The third kappa shape index (κ3) is 12.0. The maximum Gasteiger partial charge on any atom is 0.337 e. The largest absolute Gasteiger partial charge is 0.478 e. The molecule has 0 aliphatic rings. The number of hydrogen-bond acceptors (Lipinski definition) is 9. The molecule has 0 bridgehead atoms. The van der Waals surface area contributed by atoms with Gasteiger partial charge in [0.05, 0.1) is 36.5 Å². The van der Waals surface area contributed by atoms with Crippen molar-refractivity contribution in [2.45, 2.75) is 13.3 Å². The van der Waals surface area contributed by atoms with Crippen LogP contribution in [0.25, 0.3) is 0 Å². The monoisotopic (exact) mass is 545 g/mol. The van der Waals surface area contributed by atoms with E-state index in [1.165, 1.54) is 18.2 Å². The van der Waals surface area contributed by atoms with Crippen LogP contribution in [0.3, 0.4) is 0 Å². The summed E-state index contributed by atoms with van der Waals surface area (Å²) >= 11 is 0. The summed E-state index contributed by atoms with van der Waals surface area (Å²) in [6, 6.07) is 19.1. The van der Waals surface area contributed by atoms with Gasteiger partial charge in [-0.1, -0.05) is 43.3 Å². The number of anilines is 3. The third-order valence-electron chi connectivity index (χ3n) is 5.33. The van der Waals surface area contributed by atoms with Crippen LogP contribution in [0.1, 0.15) is 44.4 Å². The number of nitrogen functional groups attached to an aromatic ring is 3. The second-order valence-electron chi connectivity index (χ2n) is 8.01. The van der Waals surface area contributed by atoms with Crippen LogP contribution in [-0.4, -0.2) is 68.4 Å². The molecular formula is C27H35N3O9. The molecule has 39 heavy (non-hydrogen) atoms. The Hall–Kier alpha value is -4.65. The molecule has 0 radical (unpaired) electrons. The van der Waals surface area contributed by atoms with Crippen molar-refractivity contribution < 1.29 is 45.0 Å². The SMILES string of the molecule is CCC(CO)(CO)CO.Nc1ccccc1C(=O)O.Nc1ccccc1C(=O)O.Nc1ccccc1C(=O)O. The zero-order chi connectivity index (χ0) is 30.0. The van der Waals surface area contributed by atoms with Gasteiger partial charge in [-0.05, 0) is 42.8 Å². The minimum atomic E-state index is -0.988. The van der Waals surface area contributed by atoms with Crippen molar-refractivity contribution in [3.63, 3.8) is 0 Å². The van der Waals surface area contributed by atoms with Gasteiger partial charge in [-0.2, -0.15) is 0 Å². The molecule has 0 saturated heterocycles. The van der Waals surface area contributed by atoms with E-state index in [-0.39, 0.29) is 36.5 Å². The number of carboxylic acids is 3. The van der Waals surface area contributed by atoms with Crippen LogP contribution in [0.15, 0.2) is 72.8 Å². The molecule has 0 aliphatic heterocycles. The fraction of sp³-hybridized carbons (Fsp3) is 0.222. The van der Waals surface area contributed by atoms with E-state index in [2.05, 4.69) is 0 Å². The molecule has 3 aromatic carbocycles. The highest BCUT2D eigenvalue weighted by atomic mass is 16.4. The van der Waals surface area contributed by atoms with Gasteiger partial charge >= 0.3 is 17.9 Å². The lowest BCUT2D eigenvalue weighted by Gasteiger charge is -2.24. The van der Waals surface area contributed by atoms with Gasteiger partial charge in [-0.3, -0.25) is 0 Å². The van der Waals surface area contributed by atoms with Gasteiger partial charge in [0.1, 0.15) is 0 Å². The lowest BCUT2D eigenvalue weighted by atomic mass is 9.88. The van der Waals surface area contributed by atoms with Crippen molar-refractivity contribution in [1.29, 1.82) is 0 Å². The topological polar surface area (TPSA) is 251 Å². The first-order valence-corrected chi connectivity index (χ1v) is 11.5. The third-order valence-corrected chi connectivity index (χ3v) is 5.33. The van der Waals surface area contributed by atoms with Crippen LogP contribution in [0.5, 0.6) is 0 Å². The fourth-order valence-electron chi connectivity index (χ4n) is 2.56. The first-order valence-electron chi connectivity index (χ1n) is 11.5. The molecule has 12 heteroatoms. The lowest BCUT2D eigenvalue weighted by Crippen LogP contribution is -2.32. The highest BCUT2D eigenvalue weighted by Gasteiger charge is 2.24. The molecule has 212 valence electrons. The van der Waals surface area contributed by atoms with Gasteiger partial charge in [-0.25, -0.2) is 14.4 Å². The fourth-order valence-corrected chi connectivity index (χ4v) is 2.56. The molecule has 0 unspecified atom stereocenters. The number of rotatable bonds is 7. The molecule has 12 N–H and O–H groups in total. The van der Waals surface area contributed by atoms with E-state index in [9.17, 15) is 14.4 Å². The molecule has 0 atom stereocenters. The Morgan fingerprint density at radius 2 is 0.795 bits per heavy atom. The van der Waals surface area contributed by atoms with Crippen LogP contribution in [0.2, 0.25) is 0 Å². The molecule has 0 aromatic heterocycles. The minimum Gasteiger partial charge on any atom is -0.478 e. The van der Waals surface area contributed by atoms with Crippen molar-refractivity contribution in [1.82, 2.24) is 0 Å². The maximum atomic E-state index is 10.3. The normalized spacial score (nSPS) is 9.85. The summed E-state index contributed by atoms with van der Waals surface area (Å²) < 4.78 is 0. The predicted molar refractivity (Wildman–Crippen MR) is 147 cm³/mol. The van der Waals surface area contributed by atoms with E-state index in [0.29, 0.717) is 23.5 Å². The van der Waals surface area contributed by atoms with E-state index < -0.39 is 23.3 Å². The molecule has 0 spiro atoms. The maximum absolute atomic E-state index is 10.3. The van der Waals surface area contributed by atoms with Gasteiger partial charge in [0.15, 0.2) is 0 Å². The molecule has 0 aliphatic carbocycles. The zero-order valence-corrected chi connectivity index (χ0v) is 21.4. The van der Waals surface area contributed by atoms with Crippen molar-refractivity contribution in [2.24, 2.45) is 5.41 Å². The second-order valence-corrected chi connectivity index (χ2v) is 8.01. The van der Waals surface area contributed by atoms with Crippen LogP contribution >= 0.6 is 0 Å². The first-order chi connectivity index (χ1) is 18.4. The molecule has 0 heterocycles. The number of nitrogens with two attached hydrogens (primary N) is 3. The van der Waals surface area contributed by atoms with Gasteiger partial charge in [0.2, 0.25) is 0 Å². The standard InChI is InChI=1S/3C7H7NO2.C6H14O3/c3*8-6-4-2-1-3-5(6)7(9)10;1-2-6(3-7,4-8)5-9/h3*1-4H,8H2,(H,9,10);7-9H,2-5H2,1H3. The molecular weight excluding hydrogens is 510 g/mol. The Balaban J connectivity index is 0.000000494. The van der Waals surface area contributed by atoms with Crippen LogP contribution in [0, 0.1) is 5.41 Å². The first kappa shape index (κ1) is 34.4.